The second-order valence-corrected chi connectivity index (χ2v) is 3.36. The van der Waals surface area contributed by atoms with Crippen molar-refractivity contribution in [3.05, 3.63) is 42.1 Å². The van der Waals surface area contributed by atoms with Crippen molar-refractivity contribution in [2.75, 3.05) is 7.05 Å². The molecule has 0 atom stereocenters. The van der Waals surface area contributed by atoms with Gasteiger partial charge in [0.2, 0.25) is 0 Å². The molecule has 0 saturated heterocycles. The van der Waals surface area contributed by atoms with E-state index in [1.54, 1.807) is 6.20 Å². The Kier molecular flexibility index (Phi) is 3.00. The maximum Gasteiger partial charge on any atom is 0.407 e. The Hall–Kier alpha value is -2.10. The predicted octanol–water partition coefficient (Wildman–Crippen LogP) is 2.09. The molecule has 0 aliphatic rings. The molecule has 1 heterocycles. The number of rotatable bonds is 2. The van der Waals surface area contributed by atoms with E-state index in [2.05, 4.69) is 10.3 Å². The second kappa shape index (κ2) is 4.61. The van der Waals surface area contributed by atoms with Crippen LogP contribution in [0.5, 0.6) is 0 Å². The van der Waals surface area contributed by atoms with E-state index >= 15 is 0 Å². The molecule has 2 rings (SSSR count). The van der Waals surface area contributed by atoms with E-state index in [0.29, 0.717) is 0 Å². The standard InChI is InChI=1S/C12H12N2O2/c1-13-12(15)16-8-9-4-5-11-10(7-9)3-2-6-14-11/h2-7H,8H2,1H3,(H,13,15). The maximum atomic E-state index is 10.9. The number of ether oxygens (including phenoxy) is 1. The molecule has 1 aromatic carbocycles. The molecule has 1 N–H and O–H groups in total. The van der Waals surface area contributed by atoms with E-state index in [1.807, 2.05) is 30.3 Å². The van der Waals surface area contributed by atoms with Crippen LogP contribution in [-0.2, 0) is 11.3 Å². The number of benzene rings is 1. The highest BCUT2D eigenvalue weighted by Gasteiger charge is 2.00. The van der Waals surface area contributed by atoms with Gasteiger partial charge in [0, 0.05) is 18.6 Å². The second-order valence-electron chi connectivity index (χ2n) is 3.36. The summed E-state index contributed by atoms with van der Waals surface area (Å²) in [6, 6.07) is 9.64. The third kappa shape index (κ3) is 2.28. The van der Waals surface area contributed by atoms with Gasteiger partial charge in [-0.1, -0.05) is 12.1 Å². The van der Waals surface area contributed by atoms with Crippen LogP contribution >= 0.6 is 0 Å². The largest absolute Gasteiger partial charge is 0.445 e. The van der Waals surface area contributed by atoms with Crippen LogP contribution in [0, 0.1) is 0 Å². The van der Waals surface area contributed by atoms with Crippen molar-refractivity contribution in [3.63, 3.8) is 0 Å². The van der Waals surface area contributed by atoms with Crippen molar-refractivity contribution in [1.82, 2.24) is 10.3 Å². The first-order valence-corrected chi connectivity index (χ1v) is 4.98. The number of fused-ring (bicyclic) bond motifs is 1. The zero-order chi connectivity index (χ0) is 11.4. The average Bonchev–Trinajstić information content (AvgIpc) is 2.35. The van der Waals surface area contributed by atoms with Crippen molar-refractivity contribution >= 4 is 17.0 Å². The lowest BCUT2D eigenvalue weighted by molar-refractivity contribution is 0.142. The average molecular weight is 216 g/mol. The van der Waals surface area contributed by atoms with Gasteiger partial charge in [0.25, 0.3) is 0 Å². The molecule has 0 aliphatic carbocycles. The third-order valence-corrected chi connectivity index (χ3v) is 2.24. The highest BCUT2D eigenvalue weighted by molar-refractivity contribution is 5.78. The number of amides is 1. The summed E-state index contributed by atoms with van der Waals surface area (Å²) in [5.41, 5.74) is 1.88. The lowest BCUT2D eigenvalue weighted by Gasteiger charge is -2.04. The molecule has 4 heteroatoms. The number of hydrogen-bond acceptors (Lipinski definition) is 3. The van der Waals surface area contributed by atoms with Crippen LogP contribution in [0.4, 0.5) is 4.79 Å². The Bertz CT molecular complexity index is 511. The molecule has 2 aromatic rings. The monoisotopic (exact) mass is 216 g/mol. The Labute approximate surface area is 93.3 Å². The Morgan fingerprint density at radius 2 is 2.31 bits per heavy atom. The van der Waals surface area contributed by atoms with Crippen molar-refractivity contribution in [2.24, 2.45) is 0 Å². The number of hydrogen-bond donors (Lipinski definition) is 1. The molecule has 0 spiro atoms. The van der Waals surface area contributed by atoms with Gasteiger partial charge in [-0.3, -0.25) is 4.98 Å². The maximum absolute atomic E-state index is 10.9. The predicted molar refractivity (Wildman–Crippen MR) is 61.0 cm³/mol. The van der Waals surface area contributed by atoms with Crippen LogP contribution in [0.25, 0.3) is 10.9 Å². The van der Waals surface area contributed by atoms with Crippen LogP contribution in [0.3, 0.4) is 0 Å². The summed E-state index contributed by atoms with van der Waals surface area (Å²) in [4.78, 5) is 15.1. The zero-order valence-corrected chi connectivity index (χ0v) is 8.93. The van der Waals surface area contributed by atoms with Gasteiger partial charge < -0.3 is 10.1 Å². The molecule has 82 valence electrons. The SMILES string of the molecule is CNC(=O)OCc1ccc2ncccc2c1. The highest BCUT2D eigenvalue weighted by Crippen LogP contribution is 2.13. The normalized spacial score (nSPS) is 10.1. The van der Waals surface area contributed by atoms with Crippen LogP contribution in [0.2, 0.25) is 0 Å². The van der Waals surface area contributed by atoms with E-state index < -0.39 is 6.09 Å². The fourth-order valence-corrected chi connectivity index (χ4v) is 1.44. The van der Waals surface area contributed by atoms with E-state index in [9.17, 15) is 4.79 Å². The number of carbonyl (C=O) groups excluding carboxylic acids is 1. The molecule has 0 bridgehead atoms. The number of alkyl carbamates (subject to hydrolysis) is 1. The summed E-state index contributed by atoms with van der Waals surface area (Å²) >= 11 is 0. The van der Waals surface area contributed by atoms with Gasteiger partial charge in [-0.2, -0.15) is 0 Å². The summed E-state index contributed by atoms with van der Waals surface area (Å²) in [5, 5.41) is 3.44. The fraction of sp³-hybridized carbons (Fsp3) is 0.167. The van der Waals surface area contributed by atoms with E-state index in [-0.39, 0.29) is 6.61 Å². The molecule has 0 radical (unpaired) electrons. The quantitative estimate of drug-likeness (QED) is 0.836. The Balaban J connectivity index is 2.16. The zero-order valence-electron chi connectivity index (χ0n) is 8.93. The van der Waals surface area contributed by atoms with Crippen molar-refractivity contribution in [1.29, 1.82) is 0 Å². The Morgan fingerprint density at radius 3 is 3.12 bits per heavy atom. The van der Waals surface area contributed by atoms with E-state index in [1.165, 1.54) is 7.05 Å². The van der Waals surface area contributed by atoms with Crippen LogP contribution < -0.4 is 5.32 Å². The van der Waals surface area contributed by atoms with Gasteiger partial charge in [0.05, 0.1) is 5.52 Å². The van der Waals surface area contributed by atoms with Gasteiger partial charge >= 0.3 is 6.09 Å². The fourth-order valence-electron chi connectivity index (χ4n) is 1.44. The van der Waals surface area contributed by atoms with Gasteiger partial charge in [0.15, 0.2) is 0 Å². The van der Waals surface area contributed by atoms with Crippen LogP contribution in [0.1, 0.15) is 5.56 Å². The molecule has 0 saturated carbocycles. The number of nitrogens with one attached hydrogen (secondary N) is 1. The lowest BCUT2D eigenvalue weighted by Crippen LogP contribution is -2.18. The molecule has 0 unspecified atom stereocenters. The van der Waals surface area contributed by atoms with Crippen LogP contribution in [-0.4, -0.2) is 18.1 Å². The minimum absolute atomic E-state index is 0.268. The highest BCUT2D eigenvalue weighted by atomic mass is 16.5. The number of carbonyl (C=O) groups is 1. The Morgan fingerprint density at radius 1 is 1.44 bits per heavy atom. The smallest absolute Gasteiger partial charge is 0.407 e. The van der Waals surface area contributed by atoms with Crippen molar-refractivity contribution in [2.45, 2.75) is 6.61 Å². The molecule has 0 fully saturated rings. The molecule has 4 nitrogen and oxygen atoms in total. The first kappa shape index (κ1) is 10.4. The summed E-state index contributed by atoms with van der Waals surface area (Å²) < 4.78 is 4.96. The molecule has 0 aliphatic heterocycles. The molecule has 1 aromatic heterocycles. The first-order valence-electron chi connectivity index (χ1n) is 4.98. The van der Waals surface area contributed by atoms with Crippen LogP contribution in [0.15, 0.2) is 36.5 Å². The minimum atomic E-state index is -0.425. The molecular weight excluding hydrogens is 204 g/mol. The third-order valence-electron chi connectivity index (χ3n) is 2.24. The van der Waals surface area contributed by atoms with Crippen molar-refractivity contribution < 1.29 is 9.53 Å². The van der Waals surface area contributed by atoms with Gasteiger partial charge in [-0.05, 0) is 23.8 Å². The van der Waals surface area contributed by atoms with Crippen molar-refractivity contribution in [3.8, 4) is 0 Å². The topological polar surface area (TPSA) is 51.2 Å². The number of aromatic nitrogens is 1. The first-order chi connectivity index (χ1) is 7.79. The van der Waals surface area contributed by atoms with E-state index in [4.69, 9.17) is 4.74 Å². The van der Waals surface area contributed by atoms with Gasteiger partial charge in [-0.15, -0.1) is 0 Å². The summed E-state index contributed by atoms with van der Waals surface area (Å²) in [5.74, 6) is 0. The summed E-state index contributed by atoms with van der Waals surface area (Å²) in [6.45, 7) is 0.268. The lowest BCUT2D eigenvalue weighted by atomic mass is 10.1. The van der Waals surface area contributed by atoms with Gasteiger partial charge in [-0.25, -0.2) is 4.79 Å². The van der Waals surface area contributed by atoms with Gasteiger partial charge in [0.1, 0.15) is 6.61 Å². The molecular formula is C12H12N2O2. The number of pyridine rings is 1. The van der Waals surface area contributed by atoms with E-state index in [0.717, 1.165) is 16.5 Å². The molecule has 16 heavy (non-hydrogen) atoms. The molecule has 1 amide bonds. The summed E-state index contributed by atoms with van der Waals surface area (Å²) in [6.07, 6.45) is 1.33. The summed E-state index contributed by atoms with van der Waals surface area (Å²) in [7, 11) is 1.53. The number of nitrogens with zero attached hydrogens (tertiary/aromatic N) is 1. The minimum Gasteiger partial charge on any atom is -0.445 e.